The number of likely N-dealkylation sites (tertiary alicyclic amines) is 1. The van der Waals surface area contributed by atoms with E-state index in [1.807, 2.05) is 26.2 Å². The van der Waals surface area contributed by atoms with E-state index in [1.165, 1.54) is 25.0 Å². The van der Waals surface area contributed by atoms with E-state index < -0.39 is 0 Å². The SMILES string of the molecule is Cc1ccsc1CN(Cc1ccc(F)cc1)C(=O)CN(CCN1CCCC1)C(=O)CC(C)C. The Kier molecular flexibility index (Phi) is 9.44. The molecule has 5 nitrogen and oxygen atoms in total. The summed E-state index contributed by atoms with van der Waals surface area (Å²) >= 11 is 1.63. The third kappa shape index (κ3) is 7.93. The van der Waals surface area contributed by atoms with E-state index in [4.69, 9.17) is 0 Å². The van der Waals surface area contributed by atoms with Crippen molar-refractivity contribution in [3.8, 4) is 0 Å². The van der Waals surface area contributed by atoms with Crippen LogP contribution in [-0.2, 0) is 22.7 Å². The average Bonchev–Trinajstić information content (AvgIpc) is 3.43. The molecule has 33 heavy (non-hydrogen) atoms. The Labute approximate surface area is 201 Å². The van der Waals surface area contributed by atoms with Gasteiger partial charge in [0.2, 0.25) is 11.8 Å². The summed E-state index contributed by atoms with van der Waals surface area (Å²) in [5, 5.41) is 2.03. The fourth-order valence-corrected chi connectivity index (χ4v) is 5.00. The number of carbonyl (C=O) groups is 2. The number of aryl methyl sites for hydroxylation is 1. The van der Waals surface area contributed by atoms with Gasteiger partial charge >= 0.3 is 0 Å². The van der Waals surface area contributed by atoms with Crippen LogP contribution in [0.1, 0.15) is 49.1 Å². The Balaban J connectivity index is 1.74. The lowest BCUT2D eigenvalue weighted by molar-refractivity contribution is -0.141. The number of benzene rings is 1. The zero-order valence-electron chi connectivity index (χ0n) is 20.1. The van der Waals surface area contributed by atoms with E-state index >= 15 is 0 Å². The second-order valence-corrected chi connectivity index (χ2v) is 10.4. The molecular formula is C26H36FN3O2S. The van der Waals surface area contributed by atoms with Gasteiger partial charge in [-0.2, -0.15) is 0 Å². The molecule has 1 saturated heterocycles. The van der Waals surface area contributed by atoms with Gasteiger partial charge in [0.1, 0.15) is 5.82 Å². The first kappa shape index (κ1) is 25.4. The summed E-state index contributed by atoms with van der Waals surface area (Å²) in [7, 11) is 0. The van der Waals surface area contributed by atoms with Crippen LogP contribution in [0.2, 0.25) is 0 Å². The molecule has 0 atom stereocenters. The van der Waals surface area contributed by atoms with E-state index in [0.717, 1.165) is 35.6 Å². The number of rotatable bonds is 11. The summed E-state index contributed by atoms with van der Waals surface area (Å²) in [6.45, 7) is 10.5. The topological polar surface area (TPSA) is 43.9 Å². The van der Waals surface area contributed by atoms with Gasteiger partial charge in [-0.3, -0.25) is 9.59 Å². The Hall–Kier alpha value is -2.25. The minimum atomic E-state index is -0.293. The van der Waals surface area contributed by atoms with Crippen molar-refractivity contribution in [2.45, 2.75) is 53.1 Å². The Morgan fingerprint density at radius 1 is 1.03 bits per heavy atom. The molecule has 1 aliphatic heterocycles. The van der Waals surface area contributed by atoms with Crippen molar-refractivity contribution in [2.75, 3.05) is 32.7 Å². The summed E-state index contributed by atoms with van der Waals surface area (Å²) in [5.41, 5.74) is 2.02. The van der Waals surface area contributed by atoms with Gasteiger partial charge in [-0.1, -0.05) is 26.0 Å². The molecular weight excluding hydrogens is 437 g/mol. The van der Waals surface area contributed by atoms with E-state index in [-0.39, 0.29) is 30.1 Å². The van der Waals surface area contributed by atoms with Gasteiger partial charge < -0.3 is 14.7 Å². The van der Waals surface area contributed by atoms with E-state index in [9.17, 15) is 14.0 Å². The largest absolute Gasteiger partial charge is 0.332 e. The van der Waals surface area contributed by atoms with Crippen molar-refractivity contribution in [3.05, 3.63) is 57.5 Å². The van der Waals surface area contributed by atoms with Gasteiger partial charge in [-0.25, -0.2) is 4.39 Å². The average molecular weight is 474 g/mol. The van der Waals surface area contributed by atoms with Gasteiger partial charge in [0.15, 0.2) is 0 Å². The molecule has 0 saturated carbocycles. The molecule has 0 unspecified atom stereocenters. The number of thiophene rings is 1. The maximum atomic E-state index is 13.5. The number of carbonyl (C=O) groups excluding carboxylic acids is 2. The lowest BCUT2D eigenvalue weighted by atomic mass is 10.1. The fraction of sp³-hybridized carbons (Fsp3) is 0.538. The second kappa shape index (κ2) is 12.3. The van der Waals surface area contributed by atoms with Crippen LogP contribution in [0.25, 0.3) is 0 Å². The van der Waals surface area contributed by atoms with Crippen LogP contribution in [-0.4, -0.2) is 59.2 Å². The number of hydrogen-bond donors (Lipinski definition) is 0. The minimum absolute atomic E-state index is 0.0339. The quantitative estimate of drug-likeness (QED) is 0.475. The smallest absolute Gasteiger partial charge is 0.242 e. The summed E-state index contributed by atoms with van der Waals surface area (Å²) in [5.74, 6) is -0.0960. The maximum Gasteiger partial charge on any atom is 0.242 e. The molecule has 7 heteroatoms. The molecule has 0 spiro atoms. The van der Waals surface area contributed by atoms with E-state index in [1.54, 1.807) is 33.3 Å². The van der Waals surface area contributed by atoms with Crippen molar-refractivity contribution in [2.24, 2.45) is 5.92 Å². The van der Waals surface area contributed by atoms with Crippen LogP contribution >= 0.6 is 11.3 Å². The first-order valence-electron chi connectivity index (χ1n) is 11.9. The molecule has 3 rings (SSSR count). The van der Waals surface area contributed by atoms with Gasteiger partial charge in [-0.15, -0.1) is 11.3 Å². The molecule has 0 aliphatic carbocycles. The fourth-order valence-electron chi connectivity index (χ4n) is 4.08. The molecule has 1 aromatic carbocycles. The van der Waals surface area contributed by atoms with Gasteiger partial charge in [0, 0.05) is 30.9 Å². The number of amides is 2. The molecule has 1 fully saturated rings. The van der Waals surface area contributed by atoms with Crippen LogP contribution in [0.5, 0.6) is 0 Å². The first-order chi connectivity index (χ1) is 15.8. The van der Waals surface area contributed by atoms with Gasteiger partial charge in [-0.05, 0) is 73.5 Å². The normalized spacial score (nSPS) is 14.1. The zero-order valence-corrected chi connectivity index (χ0v) is 20.9. The van der Waals surface area contributed by atoms with Crippen LogP contribution in [0.15, 0.2) is 35.7 Å². The molecule has 0 N–H and O–H groups in total. The third-order valence-corrected chi connectivity index (χ3v) is 7.10. The van der Waals surface area contributed by atoms with E-state index in [2.05, 4.69) is 11.0 Å². The van der Waals surface area contributed by atoms with Crippen molar-refractivity contribution in [1.82, 2.24) is 14.7 Å². The predicted octanol–water partition coefficient (Wildman–Crippen LogP) is 4.69. The lowest BCUT2D eigenvalue weighted by Crippen LogP contribution is -2.45. The molecule has 2 heterocycles. The van der Waals surface area contributed by atoms with Crippen LogP contribution in [0.3, 0.4) is 0 Å². The molecule has 0 radical (unpaired) electrons. The Morgan fingerprint density at radius 3 is 2.33 bits per heavy atom. The molecule has 2 amide bonds. The lowest BCUT2D eigenvalue weighted by Gasteiger charge is -2.29. The molecule has 1 aliphatic rings. The maximum absolute atomic E-state index is 13.5. The monoisotopic (exact) mass is 473 g/mol. The highest BCUT2D eigenvalue weighted by molar-refractivity contribution is 7.10. The Morgan fingerprint density at radius 2 is 1.73 bits per heavy atom. The standard InChI is InChI=1S/C26H36FN3O2S/c1-20(2)16-25(31)29(14-13-28-11-4-5-12-28)19-26(32)30(18-24-21(3)10-15-33-24)17-22-6-8-23(27)9-7-22/h6-10,15,20H,4-5,11-14,16-19H2,1-3H3. The highest BCUT2D eigenvalue weighted by Gasteiger charge is 2.24. The second-order valence-electron chi connectivity index (χ2n) is 9.37. The molecule has 0 bridgehead atoms. The van der Waals surface area contributed by atoms with Crippen LogP contribution < -0.4 is 0 Å². The van der Waals surface area contributed by atoms with Crippen molar-refractivity contribution in [3.63, 3.8) is 0 Å². The molecule has 180 valence electrons. The van der Waals surface area contributed by atoms with Crippen LogP contribution in [0.4, 0.5) is 4.39 Å². The highest BCUT2D eigenvalue weighted by Crippen LogP contribution is 2.20. The number of hydrogen-bond acceptors (Lipinski definition) is 4. The van der Waals surface area contributed by atoms with Gasteiger partial charge in [0.25, 0.3) is 0 Å². The summed E-state index contributed by atoms with van der Waals surface area (Å²) in [6, 6.07) is 8.32. The van der Waals surface area contributed by atoms with Gasteiger partial charge in [0.05, 0.1) is 13.1 Å². The van der Waals surface area contributed by atoms with Crippen molar-refractivity contribution < 1.29 is 14.0 Å². The summed E-state index contributed by atoms with van der Waals surface area (Å²) < 4.78 is 13.4. The van der Waals surface area contributed by atoms with E-state index in [0.29, 0.717) is 26.1 Å². The Bertz CT molecular complexity index is 907. The predicted molar refractivity (Wildman–Crippen MR) is 131 cm³/mol. The van der Waals surface area contributed by atoms with Crippen molar-refractivity contribution in [1.29, 1.82) is 0 Å². The molecule has 2 aromatic rings. The molecule has 1 aromatic heterocycles. The minimum Gasteiger partial charge on any atom is -0.332 e. The number of halogens is 1. The third-order valence-electron chi connectivity index (χ3n) is 6.09. The summed E-state index contributed by atoms with van der Waals surface area (Å²) in [6.07, 6.45) is 2.84. The number of nitrogens with zero attached hydrogens (tertiary/aromatic N) is 3. The first-order valence-corrected chi connectivity index (χ1v) is 12.7. The van der Waals surface area contributed by atoms with Crippen molar-refractivity contribution >= 4 is 23.2 Å². The summed E-state index contributed by atoms with van der Waals surface area (Å²) in [4.78, 5) is 33.5. The van der Waals surface area contributed by atoms with Crippen LogP contribution in [0, 0.1) is 18.7 Å². The zero-order chi connectivity index (χ0) is 23.8. The highest BCUT2D eigenvalue weighted by atomic mass is 32.1.